The van der Waals surface area contributed by atoms with Crippen molar-refractivity contribution in [1.82, 2.24) is 0 Å². The van der Waals surface area contributed by atoms with E-state index in [-0.39, 0.29) is 52.6 Å². The van der Waals surface area contributed by atoms with Crippen molar-refractivity contribution in [2.75, 3.05) is 19.8 Å². The lowest BCUT2D eigenvalue weighted by molar-refractivity contribution is -0.312. The first kappa shape index (κ1) is 40.9. The van der Waals surface area contributed by atoms with Crippen molar-refractivity contribution >= 4 is 5.97 Å². The molecule has 6 fully saturated rings. The van der Waals surface area contributed by atoms with Gasteiger partial charge >= 0.3 is 5.97 Å². The van der Waals surface area contributed by atoms with Gasteiger partial charge in [-0.15, -0.1) is 0 Å². The predicted molar refractivity (Wildman–Crippen MR) is 193 cm³/mol. The van der Waals surface area contributed by atoms with Crippen molar-refractivity contribution in [2.45, 2.75) is 167 Å². The van der Waals surface area contributed by atoms with Crippen LogP contribution in [0.3, 0.4) is 0 Å². The maximum Gasteiger partial charge on any atom is 0.315 e. The van der Waals surface area contributed by atoms with E-state index in [1.807, 2.05) is 0 Å². The summed E-state index contributed by atoms with van der Waals surface area (Å²) in [7, 11) is 0. The Balaban J connectivity index is 1.17. The van der Waals surface area contributed by atoms with Crippen molar-refractivity contribution in [3.8, 4) is 0 Å². The maximum atomic E-state index is 14.5. The Hall–Kier alpha value is -1.23. The number of carbonyl (C=O) groups is 1. The third kappa shape index (κ3) is 5.92. The van der Waals surface area contributed by atoms with Gasteiger partial charge in [0.05, 0.1) is 31.3 Å². The van der Waals surface area contributed by atoms with Crippen LogP contribution in [0.25, 0.3) is 0 Å². The molecule has 5 aliphatic carbocycles. The van der Waals surface area contributed by atoms with Gasteiger partial charge in [0.15, 0.2) is 6.29 Å². The minimum Gasteiger partial charge on any atom is -0.432 e. The summed E-state index contributed by atoms with van der Waals surface area (Å²) in [5.74, 6) is -0.193. The highest BCUT2D eigenvalue weighted by Gasteiger charge is 2.70. The highest BCUT2D eigenvalue weighted by molar-refractivity contribution is 5.79. The van der Waals surface area contributed by atoms with Crippen molar-refractivity contribution < 1.29 is 64.6 Å². The second kappa shape index (κ2) is 14.0. The van der Waals surface area contributed by atoms with Crippen molar-refractivity contribution in [3.05, 3.63) is 11.6 Å². The predicted octanol–water partition coefficient (Wildman–Crippen LogP) is 1.93. The van der Waals surface area contributed by atoms with Gasteiger partial charge in [0, 0.05) is 5.41 Å². The molecule has 13 heteroatoms. The number of esters is 1. The van der Waals surface area contributed by atoms with Gasteiger partial charge in [0.1, 0.15) is 42.7 Å². The molecule has 18 atom stereocenters. The largest absolute Gasteiger partial charge is 0.432 e. The van der Waals surface area contributed by atoms with E-state index in [9.17, 15) is 45.6 Å². The fourth-order valence-corrected chi connectivity index (χ4v) is 13.3. The van der Waals surface area contributed by atoms with E-state index < -0.39 is 84.8 Å². The van der Waals surface area contributed by atoms with Gasteiger partial charge < -0.3 is 59.8 Å². The summed E-state index contributed by atoms with van der Waals surface area (Å²) in [6.07, 6.45) is -2.97. The first-order valence-corrected chi connectivity index (χ1v) is 20.4. The number of hydrogen-bond acceptors (Lipinski definition) is 13. The van der Waals surface area contributed by atoms with E-state index in [4.69, 9.17) is 18.9 Å². The number of carbonyl (C=O) groups excluding carboxylic acids is 1. The van der Waals surface area contributed by atoms with Gasteiger partial charge in [0.25, 0.3) is 0 Å². The summed E-state index contributed by atoms with van der Waals surface area (Å²) in [5.41, 5.74) is -0.724. The lowest BCUT2D eigenvalue weighted by Gasteiger charge is -2.71. The normalized spacial score (nSPS) is 54.3. The van der Waals surface area contributed by atoms with E-state index in [1.54, 1.807) is 0 Å². The lowest BCUT2D eigenvalue weighted by Crippen LogP contribution is -2.67. The molecule has 0 bridgehead atoms. The van der Waals surface area contributed by atoms with E-state index in [0.717, 1.165) is 44.9 Å². The van der Waals surface area contributed by atoms with Crippen LogP contribution >= 0.6 is 0 Å². The third-order valence-electron chi connectivity index (χ3n) is 17.0. The van der Waals surface area contributed by atoms with E-state index in [0.29, 0.717) is 19.3 Å². The summed E-state index contributed by atoms with van der Waals surface area (Å²) in [4.78, 5) is 14.5. The van der Waals surface area contributed by atoms with Gasteiger partial charge in [-0.1, -0.05) is 53.2 Å². The molecule has 7 aliphatic rings. The average molecular weight is 767 g/mol. The van der Waals surface area contributed by atoms with Crippen molar-refractivity contribution in [1.29, 1.82) is 0 Å². The number of fused-ring (bicyclic) bond motifs is 7. The summed E-state index contributed by atoms with van der Waals surface area (Å²) in [5, 5.41) is 83.4. The maximum absolute atomic E-state index is 14.5. The summed E-state index contributed by atoms with van der Waals surface area (Å²) < 4.78 is 23.7. The molecular weight excluding hydrogens is 700 g/mol. The van der Waals surface area contributed by atoms with Crippen LogP contribution < -0.4 is 0 Å². The highest BCUT2D eigenvalue weighted by atomic mass is 16.7. The number of allylic oxidation sites excluding steroid dienone is 2. The van der Waals surface area contributed by atoms with E-state index in [2.05, 4.69) is 47.6 Å². The van der Waals surface area contributed by atoms with Gasteiger partial charge in [-0.3, -0.25) is 4.79 Å². The lowest BCUT2D eigenvalue weighted by atomic mass is 9.33. The number of rotatable bonds is 6. The molecule has 0 unspecified atom stereocenters. The fourth-order valence-electron chi connectivity index (χ4n) is 13.3. The zero-order valence-electron chi connectivity index (χ0n) is 32.9. The van der Waals surface area contributed by atoms with Gasteiger partial charge in [-0.25, -0.2) is 0 Å². The molecule has 0 amide bonds. The molecule has 0 aromatic carbocycles. The summed E-state index contributed by atoms with van der Waals surface area (Å²) in [6, 6.07) is 0. The molecule has 54 heavy (non-hydrogen) atoms. The SMILES string of the molecule is CC1(C)CC[C@]2(C(=O)O[C@@H]3O[C@H](CO)[C@@H](O)[C@H](O)[C@H]3O)CC[C@]3(C)C(=CC[C@@H]4[C@@]5(C)CC[C@H](O[C@@H]6OC[C@H](O)[C@H](O)[C@H]6O)[C@](C)(CO)[C@@H]5CC[C@]43C)[C@@H]2C1. The van der Waals surface area contributed by atoms with Crippen molar-refractivity contribution in [2.24, 2.45) is 50.2 Å². The summed E-state index contributed by atoms with van der Waals surface area (Å²) >= 11 is 0. The van der Waals surface area contributed by atoms with Crippen LogP contribution in [0.4, 0.5) is 0 Å². The van der Waals surface area contributed by atoms with Gasteiger partial charge in [0.2, 0.25) is 6.29 Å². The smallest absolute Gasteiger partial charge is 0.315 e. The Labute approximate surface area is 319 Å². The standard InChI is InChI=1S/C41H66O13/c1-36(2)13-15-41(35(50)54-34-32(49)30(47)29(46)24(18-42)52-34)16-14-39(5)21(22(41)17-36)7-8-26-37(3)11-10-27(53-33-31(48)28(45)23(44)19-51-33)38(4,20-43)25(37)9-12-40(26,39)6/h7,22-34,42-49H,8-20H2,1-6H3/t22-,23-,24+,25+,26+,27-,28-,29+,30-,31+,32+,33-,34-,37-,38+,39+,40+,41-/m0/s1. The molecule has 2 aliphatic heterocycles. The number of ether oxygens (including phenoxy) is 4. The number of aliphatic hydroxyl groups excluding tert-OH is 8. The molecule has 0 spiro atoms. The summed E-state index contributed by atoms with van der Waals surface area (Å²) in [6.45, 7) is 12.9. The molecule has 0 radical (unpaired) electrons. The Kier molecular flexibility index (Phi) is 10.6. The second-order valence-electron chi connectivity index (χ2n) is 20.1. The van der Waals surface area contributed by atoms with Crippen LogP contribution in [0.1, 0.15) is 106 Å². The molecule has 0 aromatic rings. The monoisotopic (exact) mass is 766 g/mol. The quantitative estimate of drug-likeness (QED) is 0.110. The molecular formula is C41H66O13. The van der Waals surface area contributed by atoms with Crippen LogP contribution in [0.15, 0.2) is 11.6 Å². The topological polar surface area (TPSA) is 216 Å². The fraction of sp³-hybridized carbons (Fsp3) is 0.927. The minimum atomic E-state index is -1.66. The first-order valence-electron chi connectivity index (χ1n) is 20.4. The number of hydrogen-bond donors (Lipinski definition) is 8. The minimum absolute atomic E-state index is 0.0247. The highest BCUT2D eigenvalue weighted by Crippen LogP contribution is 2.76. The van der Waals surface area contributed by atoms with Gasteiger partial charge in [-0.05, 0) is 104 Å². The van der Waals surface area contributed by atoms with Crippen LogP contribution in [-0.4, -0.2) is 128 Å². The average Bonchev–Trinajstić information content (AvgIpc) is 3.13. The van der Waals surface area contributed by atoms with E-state index in [1.165, 1.54) is 5.57 Å². The molecule has 4 saturated carbocycles. The Morgan fingerprint density at radius 3 is 2.17 bits per heavy atom. The second-order valence-corrected chi connectivity index (χ2v) is 20.1. The molecule has 308 valence electrons. The molecule has 8 N–H and O–H groups in total. The Morgan fingerprint density at radius 1 is 0.796 bits per heavy atom. The molecule has 2 saturated heterocycles. The van der Waals surface area contributed by atoms with Crippen LogP contribution in [0.2, 0.25) is 0 Å². The van der Waals surface area contributed by atoms with Crippen molar-refractivity contribution in [3.63, 3.8) is 0 Å². The molecule has 13 nitrogen and oxygen atoms in total. The Bertz CT molecular complexity index is 1450. The Morgan fingerprint density at radius 2 is 1.48 bits per heavy atom. The third-order valence-corrected chi connectivity index (χ3v) is 17.0. The van der Waals surface area contributed by atoms with Crippen LogP contribution in [0.5, 0.6) is 0 Å². The van der Waals surface area contributed by atoms with Crippen LogP contribution in [0, 0.1) is 50.2 Å². The molecule has 7 rings (SSSR count). The zero-order valence-corrected chi connectivity index (χ0v) is 32.9. The van der Waals surface area contributed by atoms with E-state index >= 15 is 0 Å². The molecule has 2 heterocycles. The van der Waals surface area contributed by atoms with Gasteiger partial charge in [-0.2, -0.15) is 0 Å². The number of aliphatic hydroxyl groups is 8. The molecule has 0 aromatic heterocycles. The first-order chi connectivity index (χ1) is 25.2. The zero-order chi connectivity index (χ0) is 39.4. The van der Waals surface area contributed by atoms with Crippen LogP contribution in [-0.2, 0) is 23.7 Å².